The van der Waals surface area contributed by atoms with Crippen LogP contribution in [0, 0.1) is 5.82 Å². The van der Waals surface area contributed by atoms with E-state index < -0.39 is 29.1 Å². The number of aromatic nitrogens is 2. The van der Waals surface area contributed by atoms with Crippen LogP contribution in [-0.4, -0.2) is 22.6 Å². The van der Waals surface area contributed by atoms with Crippen LogP contribution in [0.5, 0.6) is 5.75 Å². The maximum atomic E-state index is 14.8. The number of rotatable bonds is 5. The average Bonchev–Trinajstić information content (AvgIpc) is 3.19. The van der Waals surface area contributed by atoms with Crippen LogP contribution >= 0.6 is 34.5 Å². The van der Waals surface area contributed by atoms with E-state index in [0.717, 1.165) is 17.4 Å². The van der Waals surface area contributed by atoms with E-state index >= 15 is 0 Å². The van der Waals surface area contributed by atoms with Gasteiger partial charge in [0, 0.05) is 27.1 Å². The summed E-state index contributed by atoms with van der Waals surface area (Å²) >= 11 is 13.4. The van der Waals surface area contributed by atoms with Crippen molar-refractivity contribution in [2.24, 2.45) is 0 Å². The lowest BCUT2D eigenvalue weighted by atomic mass is 10.1. The number of halogens is 3. The van der Waals surface area contributed by atoms with Crippen LogP contribution in [-0.2, 0) is 4.74 Å². The fourth-order valence-corrected chi connectivity index (χ4v) is 5.01. The van der Waals surface area contributed by atoms with E-state index in [9.17, 15) is 18.8 Å². The molecule has 0 saturated carbocycles. The molecule has 1 unspecified atom stereocenters. The van der Waals surface area contributed by atoms with Crippen molar-refractivity contribution in [3.05, 3.63) is 88.9 Å². The Bertz CT molecular complexity index is 1490. The molecule has 0 aliphatic rings. The quantitative estimate of drug-likeness (QED) is 0.378. The minimum absolute atomic E-state index is 0.00250. The maximum absolute atomic E-state index is 14.8. The Morgan fingerprint density at radius 1 is 1.18 bits per heavy atom. The minimum Gasteiger partial charge on any atom is -0.486 e. The Hall–Kier alpha value is -3.14. The zero-order valence-corrected chi connectivity index (χ0v) is 19.5. The predicted molar refractivity (Wildman–Crippen MR) is 125 cm³/mol. The summed E-state index contributed by atoms with van der Waals surface area (Å²) in [5, 5.41) is 2.15. The number of esters is 1. The molecule has 0 saturated heterocycles. The molecule has 170 valence electrons. The van der Waals surface area contributed by atoms with Gasteiger partial charge in [0.1, 0.15) is 22.5 Å². The normalized spacial score (nSPS) is 12.0. The monoisotopic (exact) mass is 508 g/mol. The van der Waals surface area contributed by atoms with Crippen molar-refractivity contribution in [3.63, 3.8) is 0 Å². The number of benzene rings is 2. The number of nitrogens with zero attached hydrogens (tertiary/aromatic N) is 1. The van der Waals surface area contributed by atoms with Crippen molar-refractivity contribution in [2.45, 2.75) is 13.0 Å². The van der Waals surface area contributed by atoms with Crippen LogP contribution in [0.4, 0.5) is 4.39 Å². The first-order valence-corrected chi connectivity index (χ1v) is 11.1. The van der Waals surface area contributed by atoms with E-state index in [4.69, 9.17) is 32.7 Å². The van der Waals surface area contributed by atoms with Gasteiger partial charge in [0.25, 0.3) is 5.56 Å². The number of carbonyl (C=O) groups is 1. The zero-order chi connectivity index (χ0) is 23.9. The van der Waals surface area contributed by atoms with Crippen molar-refractivity contribution < 1.29 is 18.7 Å². The molecule has 0 amide bonds. The fraction of sp³-hybridized carbons (Fsp3) is 0.136. The van der Waals surface area contributed by atoms with Gasteiger partial charge in [0.05, 0.1) is 23.7 Å². The lowest BCUT2D eigenvalue weighted by molar-refractivity contribution is 0.0608. The van der Waals surface area contributed by atoms with Gasteiger partial charge in [-0.3, -0.25) is 4.79 Å². The molecule has 0 bridgehead atoms. The first kappa shape index (κ1) is 23.0. The zero-order valence-electron chi connectivity index (χ0n) is 17.1. The molecule has 0 fully saturated rings. The Balaban J connectivity index is 1.82. The molecule has 0 aliphatic carbocycles. The van der Waals surface area contributed by atoms with E-state index in [1.165, 1.54) is 24.6 Å². The summed E-state index contributed by atoms with van der Waals surface area (Å²) in [5.74, 6) is -1.42. The summed E-state index contributed by atoms with van der Waals surface area (Å²) in [6, 6.07) is 8.64. The SMILES string of the molecule is COC(=O)c1scc2[nH]c(=O)n(-c3cc(OC(C)c4c(Cl)cccc4Cl)ccc3F)c(=O)c12. The van der Waals surface area contributed by atoms with Gasteiger partial charge in [-0.1, -0.05) is 29.3 Å². The van der Waals surface area contributed by atoms with Crippen LogP contribution in [0.2, 0.25) is 10.0 Å². The number of aromatic amines is 1. The third kappa shape index (κ3) is 4.15. The average molecular weight is 509 g/mol. The first-order chi connectivity index (χ1) is 15.7. The van der Waals surface area contributed by atoms with E-state index in [1.54, 1.807) is 25.1 Å². The maximum Gasteiger partial charge on any atom is 0.348 e. The van der Waals surface area contributed by atoms with Crippen LogP contribution in [0.25, 0.3) is 16.6 Å². The third-order valence-electron chi connectivity index (χ3n) is 4.90. The summed E-state index contributed by atoms with van der Waals surface area (Å²) < 4.78 is 25.9. The molecule has 1 atom stereocenters. The molecule has 7 nitrogen and oxygen atoms in total. The number of hydrogen-bond acceptors (Lipinski definition) is 6. The van der Waals surface area contributed by atoms with Gasteiger partial charge in [-0.25, -0.2) is 18.5 Å². The van der Waals surface area contributed by atoms with Crippen LogP contribution in [0.3, 0.4) is 0 Å². The molecule has 1 N–H and O–H groups in total. The molecule has 0 radical (unpaired) electrons. The number of thiophene rings is 1. The highest BCUT2D eigenvalue weighted by Crippen LogP contribution is 2.33. The first-order valence-electron chi connectivity index (χ1n) is 9.48. The van der Waals surface area contributed by atoms with Gasteiger partial charge < -0.3 is 14.5 Å². The fourth-order valence-electron chi connectivity index (χ4n) is 3.40. The molecule has 0 aliphatic heterocycles. The number of methoxy groups -OCH3 is 1. The van der Waals surface area contributed by atoms with Crippen molar-refractivity contribution in [1.29, 1.82) is 0 Å². The molecule has 2 heterocycles. The van der Waals surface area contributed by atoms with Crippen LogP contribution in [0.1, 0.15) is 28.3 Å². The summed E-state index contributed by atoms with van der Waals surface area (Å²) in [4.78, 5) is 40.3. The highest BCUT2D eigenvalue weighted by atomic mass is 35.5. The second kappa shape index (κ2) is 9.01. The number of H-pyrrole nitrogens is 1. The van der Waals surface area contributed by atoms with Gasteiger partial charge in [-0.05, 0) is 31.2 Å². The van der Waals surface area contributed by atoms with Crippen molar-refractivity contribution in [3.8, 4) is 11.4 Å². The van der Waals surface area contributed by atoms with E-state index in [0.29, 0.717) is 20.2 Å². The second-order valence-corrected chi connectivity index (χ2v) is 8.62. The lowest BCUT2D eigenvalue weighted by Gasteiger charge is -2.18. The van der Waals surface area contributed by atoms with Crippen molar-refractivity contribution in [2.75, 3.05) is 7.11 Å². The van der Waals surface area contributed by atoms with E-state index in [2.05, 4.69) is 4.98 Å². The number of fused-ring (bicyclic) bond motifs is 1. The van der Waals surface area contributed by atoms with Crippen molar-refractivity contribution >= 4 is 51.4 Å². The van der Waals surface area contributed by atoms with E-state index in [-0.39, 0.29) is 27.2 Å². The molecule has 11 heteroatoms. The van der Waals surface area contributed by atoms with E-state index in [1.807, 2.05) is 0 Å². The molecule has 4 aromatic rings. The van der Waals surface area contributed by atoms with Crippen LogP contribution in [0.15, 0.2) is 51.4 Å². The predicted octanol–water partition coefficient (Wildman–Crippen LogP) is 5.11. The third-order valence-corrected chi connectivity index (χ3v) is 6.52. The van der Waals surface area contributed by atoms with Crippen LogP contribution < -0.4 is 16.0 Å². The Kier molecular flexibility index (Phi) is 6.29. The molecule has 2 aromatic heterocycles. The Labute approximate surface area is 199 Å². The Morgan fingerprint density at radius 2 is 1.88 bits per heavy atom. The largest absolute Gasteiger partial charge is 0.486 e. The summed E-state index contributed by atoms with van der Waals surface area (Å²) in [5.41, 5.74) is -1.40. The van der Waals surface area contributed by atoms with Gasteiger partial charge >= 0.3 is 11.7 Å². The number of carbonyl (C=O) groups excluding carboxylic acids is 1. The molecular weight excluding hydrogens is 494 g/mol. The highest BCUT2D eigenvalue weighted by molar-refractivity contribution is 7.13. The standard InChI is InChI=1S/C22H15Cl2FN2O5S/c1-10(17-12(23)4-3-5-13(17)24)32-11-6-7-14(25)16(8-11)27-20(28)18-15(26-22(27)30)9-33-19(18)21(29)31-2/h3-10H,1-2H3,(H,26,30). The molecular formula is C22H15Cl2FN2O5S. The Morgan fingerprint density at radius 3 is 2.55 bits per heavy atom. The summed E-state index contributed by atoms with van der Waals surface area (Å²) in [6.45, 7) is 1.70. The molecule has 4 rings (SSSR count). The van der Waals surface area contributed by atoms with Crippen molar-refractivity contribution in [1.82, 2.24) is 9.55 Å². The molecule has 2 aromatic carbocycles. The minimum atomic E-state index is -0.875. The van der Waals surface area contributed by atoms with Gasteiger partial charge in [0.15, 0.2) is 0 Å². The molecule has 0 spiro atoms. The number of nitrogens with one attached hydrogen (secondary N) is 1. The smallest absolute Gasteiger partial charge is 0.348 e. The highest BCUT2D eigenvalue weighted by Gasteiger charge is 2.22. The van der Waals surface area contributed by atoms with Gasteiger partial charge in [-0.2, -0.15) is 0 Å². The lowest BCUT2D eigenvalue weighted by Crippen LogP contribution is -2.34. The van der Waals surface area contributed by atoms with Gasteiger partial charge in [0.2, 0.25) is 0 Å². The summed E-state index contributed by atoms with van der Waals surface area (Å²) in [7, 11) is 1.17. The molecule has 33 heavy (non-hydrogen) atoms. The second-order valence-electron chi connectivity index (χ2n) is 6.92. The summed E-state index contributed by atoms with van der Waals surface area (Å²) in [6.07, 6.45) is -0.621. The topological polar surface area (TPSA) is 90.4 Å². The van der Waals surface area contributed by atoms with Gasteiger partial charge in [-0.15, -0.1) is 11.3 Å². The number of hydrogen-bond donors (Lipinski definition) is 1. The number of ether oxygens (including phenoxy) is 2.